The molecule has 0 saturated carbocycles. The molecule has 0 spiro atoms. The highest BCUT2D eigenvalue weighted by Crippen LogP contribution is 2.25. The van der Waals surface area contributed by atoms with Gasteiger partial charge in [-0.3, -0.25) is 9.59 Å². The van der Waals surface area contributed by atoms with Gasteiger partial charge in [0, 0.05) is 13.7 Å². The van der Waals surface area contributed by atoms with Gasteiger partial charge in [-0.1, -0.05) is 6.92 Å². The van der Waals surface area contributed by atoms with Gasteiger partial charge >= 0.3 is 0 Å². The number of methoxy groups -OCH3 is 1. The van der Waals surface area contributed by atoms with Crippen molar-refractivity contribution in [3.05, 3.63) is 0 Å². The summed E-state index contributed by atoms with van der Waals surface area (Å²) in [6.07, 6.45) is 1.94. The van der Waals surface area contributed by atoms with Crippen LogP contribution in [0, 0.1) is 5.92 Å². The van der Waals surface area contributed by atoms with Gasteiger partial charge in [0.25, 0.3) is 0 Å². The molecule has 110 valence electrons. The number of nitrogens with zero attached hydrogens (tertiary/aromatic N) is 1. The molecule has 0 aromatic carbocycles. The molecule has 8 heteroatoms. The monoisotopic (exact) mass is 292 g/mol. The first-order chi connectivity index (χ1) is 9.01. The van der Waals surface area contributed by atoms with Gasteiger partial charge in [0.05, 0.1) is 24.3 Å². The van der Waals surface area contributed by atoms with E-state index in [4.69, 9.17) is 14.5 Å². The van der Waals surface area contributed by atoms with E-state index in [-0.39, 0.29) is 18.2 Å². The van der Waals surface area contributed by atoms with Gasteiger partial charge in [-0.25, -0.2) is 0 Å². The molecule has 0 aliphatic carbocycles. The normalized spacial score (nSPS) is 22.4. The van der Waals surface area contributed by atoms with E-state index in [0.717, 1.165) is 19.3 Å². The molecule has 1 aliphatic rings. The van der Waals surface area contributed by atoms with Crippen LogP contribution in [-0.2, 0) is 14.3 Å². The number of carbonyl (C=O) groups excluding carboxylic acids is 2. The lowest BCUT2D eigenvalue weighted by Gasteiger charge is -2.31. The largest absolute Gasteiger partial charge is 0.378 e. The Morgan fingerprint density at radius 2 is 2.32 bits per heavy atom. The van der Waals surface area contributed by atoms with Crippen molar-refractivity contribution in [1.82, 2.24) is 10.2 Å². The van der Waals surface area contributed by atoms with Crippen LogP contribution in [-0.4, -0.2) is 59.1 Å². The molecule has 1 rings (SSSR count). The molecule has 19 heavy (non-hydrogen) atoms. The Bertz CT molecular complexity index is 315. The lowest BCUT2D eigenvalue weighted by molar-refractivity contribution is -0.133. The number of rotatable bonds is 7. The van der Waals surface area contributed by atoms with Gasteiger partial charge in [-0.15, -0.1) is 0 Å². The minimum absolute atomic E-state index is 0.104. The van der Waals surface area contributed by atoms with Crippen LogP contribution in [0.15, 0.2) is 0 Å². The summed E-state index contributed by atoms with van der Waals surface area (Å²) in [7, 11) is -0.628. The van der Waals surface area contributed by atoms with Crippen LogP contribution in [0.4, 0.5) is 0 Å². The van der Waals surface area contributed by atoms with Crippen LogP contribution in [0.2, 0.25) is 0 Å². The number of hydrogen-bond donors (Lipinski definition) is 3. The maximum atomic E-state index is 11.9. The summed E-state index contributed by atoms with van der Waals surface area (Å²) in [6.45, 7) is 2.39. The number of hydrogen-bond acceptors (Lipinski definition) is 5. The first-order valence-corrected chi connectivity index (χ1v) is 7.61. The van der Waals surface area contributed by atoms with E-state index in [1.165, 1.54) is 7.11 Å². The highest BCUT2D eigenvalue weighted by molar-refractivity contribution is 7.45. The van der Waals surface area contributed by atoms with Crippen molar-refractivity contribution in [2.75, 3.05) is 19.9 Å². The number of carbonyl (C=O) groups is 2. The molecule has 2 amide bonds. The Morgan fingerprint density at radius 3 is 2.84 bits per heavy atom. The molecule has 1 saturated heterocycles. The lowest BCUT2D eigenvalue weighted by atomic mass is 9.95. The quantitative estimate of drug-likeness (QED) is 0.439. The molecule has 0 bridgehead atoms. The molecular weight excluding hydrogens is 271 g/mol. The van der Waals surface area contributed by atoms with Gasteiger partial charge in [0.1, 0.15) is 0 Å². The molecule has 0 aromatic heterocycles. The van der Waals surface area contributed by atoms with Crippen LogP contribution >= 0.6 is 8.38 Å². The Hall–Kier alpha value is -0.750. The van der Waals surface area contributed by atoms with Gasteiger partial charge in [-0.2, -0.15) is 0 Å². The standard InChI is InChI=1S/C11H21N2O5P/c1-8(11(15)12-6-19(16)17)10(18-2)9-4-3-5-13(9)7-14/h7-10,16-17H,3-6H2,1-2H3,(H,12,15). The van der Waals surface area contributed by atoms with E-state index < -0.39 is 20.4 Å². The molecule has 1 aliphatic heterocycles. The third-order valence-corrected chi connectivity index (χ3v) is 3.87. The van der Waals surface area contributed by atoms with Gasteiger partial charge in [-0.05, 0) is 12.8 Å². The van der Waals surface area contributed by atoms with Crippen molar-refractivity contribution in [2.24, 2.45) is 5.92 Å². The fourth-order valence-corrected chi connectivity index (χ4v) is 2.75. The zero-order valence-corrected chi connectivity index (χ0v) is 12.0. The summed E-state index contributed by atoms with van der Waals surface area (Å²) in [5, 5.41) is 2.46. The third kappa shape index (κ3) is 4.38. The predicted octanol–water partition coefficient (Wildman–Crippen LogP) is -0.372. The van der Waals surface area contributed by atoms with Crippen molar-refractivity contribution in [3.63, 3.8) is 0 Å². The minimum atomic E-state index is -2.14. The summed E-state index contributed by atoms with van der Waals surface area (Å²) >= 11 is 0. The van der Waals surface area contributed by atoms with Crippen molar-refractivity contribution < 1.29 is 24.1 Å². The minimum Gasteiger partial charge on any atom is -0.378 e. The van der Waals surface area contributed by atoms with Crippen LogP contribution in [0.5, 0.6) is 0 Å². The Labute approximate surface area is 113 Å². The maximum Gasteiger partial charge on any atom is 0.225 e. The summed E-state index contributed by atoms with van der Waals surface area (Å²) in [4.78, 5) is 42.1. The van der Waals surface area contributed by atoms with Crippen molar-refractivity contribution in [2.45, 2.75) is 31.9 Å². The van der Waals surface area contributed by atoms with Gasteiger partial charge in [0.2, 0.25) is 12.3 Å². The highest BCUT2D eigenvalue weighted by atomic mass is 31.2. The average molecular weight is 292 g/mol. The summed E-state index contributed by atoms with van der Waals surface area (Å²) in [5.74, 6) is -0.773. The average Bonchev–Trinajstić information content (AvgIpc) is 2.84. The predicted molar refractivity (Wildman–Crippen MR) is 70.1 cm³/mol. The molecule has 0 radical (unpaired) electrons. The highest BCUT2D eigenvalue weighted by Gasteiger charge is 2.37. The number of likely N-dealkylation sites (tertiary alicyclic amines) is 1. The van der Waals surface area contributed by atoms with Crippen LogP contribution in [0.25, 0.3) is 0 Å². The van der Waals surface area contributed by atoms with Crippen LogP contribution < -0.4 is 5.32 Å². The van der Waals surface area contributed by atoms with Crippen molar-refractivity contribution in [1.29, 1.82) is 0 Å². The Morgan fingerprint density at radius 1 is 1.63 bits per heavy atom. The fraction of sp³-hybridized carbons (Fsp3) is 0.818. The Kier molecular flexibility index (Phi) is 6.65. The number of nitrogens with one attached hydrogen (secondary N) is 1. The Balaban J connectivity index is 2.62. The molecule has 3 N–H and O–H groups in total. The molecule has 1 heterocycles. The van der Waals surface area contributed by atoms with Crippen LogP contribution in [0.3, 0.4) is 0 Å². The molecule has 3 atom stereocenters. The number of amides is 2. The van der Waals surface area contributed by atoms with Crippen LogP contribution in [0.1, 0.15) is 19.8 Å². The smallest absolute Gasteiger partial charge is 0.225 e. The molecule has 3 unspecified atom stereocenters. The zero-order chi connectivity index (χ0) is 14.4. The SMILES string of the molecule is COC(C(C)C(=O)NCP(O)O)C1CCCN1C=O. The maximum absolute atomic E-state index is 11.9. The van der Waals surface area contributed by atoms with Crippen molar-refractivity contribution >= 4 is 20.7 Å². The molecule has 7 nitrogen and oxygen atoms in total. The van der Waals surface area contributed by atoms with Crippen molar-refractivity contribution in [3.8, 4) is 0 Å². The van der Waals surface area contributed by atoms with Gasteiger partial charge < -0.3 is 24.7 Å². The first-order valence-electron chi connectivity index (χ1n) is 6.18. The van der Waals surface area contributed by atoms with E-state index in [1.54, 1.807) is 11.8 Å². The second-order valence-corrected chi connectivity index (χ2v) is 5.67. The van der Waals surface area contributed by atoms with E-state index in [9.17, 15) is 9.59 Å². The van der Waals surface area contributed by atoms with E-state index in [1.807, 2.05) is 0 Å². The molecule has 1 fully saturated rings. The summed E-state index contributed by atoms with van der Waals surface area (Å²) < 4.78 is 5.37. The van der Waals surface area contributed by atoms with E-state index >= 15 is 0 Å². The topological polar surface area (TPSA) is 99.1 Å². The third-order valence-electron chi connectivity index (χ3n) is 3.43. The molecule has 0 aromatic rings. The van der Waals surface area contributed by atoms with E-state index in [2.05, 4.69) is 5.32 Å². The second-order valence-electron chi connectivity index (χ2n) is 4.61. The second kappa shape index (κ2) is 7.75. The summed E-state index contributed by atoms with van der Waals surface area (Å²) in [5.41, 5.74) is 0. The number of ether oxygens (including phenoxy) is 1. The van der Waals surface area contributed by atoms with E-state index in [0.29, 0.717) is 6.54 Å². The summed E-state index contributed by atoms with van der Waals surface area (Å²) in [6, 6.07) is -0.104. The first kappa shape index (κ1) is 16.3. The fourth-order valence-electron chi connectivity index (χ4n) is 2.45. The zero-order valence-electron chi connectivity index (χ0n) is 11.2. The van der Waals surface area contributed by atoms with Gasteiger partial charge in [0.15, 0.2) is 8.38 Å². The lowest BCUT2D eigenvalue weighted by Crippen LogP contribution is -2.47. The molecular formula is C11H21N2O5P.